The van der Waals surface area contributed by atoms with Gasteiger partial charge in [0, 0.05) is 12.8 Å². The smallest absolute Gasteiger partial charge is 0.214 e. The van der Waals surface area contributed by atoms with Gasteiger partial charge < -0.3 is 9.47 Å². The molecule has 27 heavy (non-hydrogen) atoms. The minimum atomic E-state index is -3.24. The molecule has 0 amide bonds. The van der Waals surface area contributed by atoms with Crippen LogP contribution < -0.4 is 9.46 Å². The second kappa shape index (κ2) is 7.79. The van der Waals surface area contributed by atoms with Crippen LogP contribution in [0, 0.1) is 0 Å². The number of benzene rings is 1. The van der Waals surface area contributed by atoms with E-state index < -0.39 is 10.0 Å². The normalized spacial score (nSPS) is 23.3. The first-order valence-electron chi connectivity index (χ1n) is 9.07. The van der Waals surface area contributed by atoms with Gasteiger partial charge in [-0.2, -0.15) is 5.10 Å². The number of sulfonamides is 1. The van der Waals surface area contributed by atoms with Gasteiger partial charge in [0.2, 0.25) is 10.0 Å². The summed E-state index contributed by atoms with van der Waals surface area (Å²) < 4.78 is 40.6. The molecule has 146 valence electrons. The highest BCUT2D eigenvalue weighted by atomic mass is 35.5. The van der Waals surface area contributed by atoms with Crippen LogP contribution in [0.25, 0.3) is 5.69 Å². The Labute approximate surface area is 163 Å². The van der Waals surface area contributed by atoms with Crippen molar-refractivity contribution in [2.45, 2.75) is 43.1 Å². The van der Waals surface area contributed by atoms with Crippen LogP contribution in [-0.4, -0.2) is 48.8 Å². The van der Waals surface area contributed by atoms with Gasteiger partial charge in [-0.15, -0.1) is 0 Å². The first-order valence-corrected chi connectivity index (χ1v) is 11.0. The highest BCUT2D eigenvalue weighted by Crippen LogP contribution is 2.29. The van der Waals surface area contributed by atoms with Crippen LogP contribution in [-0.2, 0) is 14.8 Å². The quantitative estimate of drug-likeness (QED) is 0.757. The Morgan fingerprint density at radius 3 is 2.70 bits per heavy atom. The maximum absolute atomic E-state index is 12.2. The Morgan fingerprint density at radius 1 is 1.26 bits per heavy atom. The van der Waals surface area contributed by atoms with E-state index in [9.17, 15) is 8.42 Å². The number of nitrogens with zero attached hydrogens (tertiary/aromatic N) is 2. The fourth-order valence-corrected chi connectivity index (χ4v) is 4.92. The standard InChI is InChI=1S/C18H22ClN3O4S/c19-13-10-20-22(11-13)14-3-5-15(6-4-14)26-12-18-17(2-1-9-25-18)21-27(23,24)16-7-8-16/h3-6,10-11,16-18,21H,1-2,7-9,12H2. The molecule has 1 aliphatic heterocycles. The number of nitrogens with one attached hydrogen (secondary N) is 1. The minimum absolute atomic E-state index is 0.232. The second-order valence-electron chi connectivity index (χ2n) is 6.93. The summed E-state index contributed by atoms with van der Waals surface area (Å²) >= 11 is 5.89. The topological polar surface area (TPSA) is 82.5 Å². The summed E-state index contributed by atoms with van der Waals surface area (Å²) in [5, 5.41) is 4.50. The van der Waals surface area contributed by atoms with Gasteiger partial charge in [0.05, 0.1) is 28.2 Å². The maximum atomic E-state index is 12.2. The molecule has 2 unspecified atom stereocenters. The number of hydrogen-bond donors (Lipinski definition) is 1. The number of halogens is 1. The third-order valence-corrected chi connectivity index (χ3v) is 6.96. The van der Waals surface area contributed by atoms with Crippen molar-refractivity contribution in [3.63, 3.8) is 0 Å². The van der Waals surface area contributed by atoms with Gasteiger partial charge in [0.1, 0.15) is 18.5 Å². The van der Waals surface area contributed by atoms with Gasteiger partial charge in [-0.1, -0.05) is 11.6 Å². The molecule has 1 aliphatic carbocycles. The van der Waals surface area contributed by atoms with Crippen LogP contribution in [0.3, 0.4) is 0 Å². The van der Waals surface area contributed by atoms with Crippen molar-refractivity contribution in [1.29, 1.82) is 0 Å². The summed E-state index contributed by atoms with van der Waals surface area (Å²) in [5.41, 5.74) is 0.873. The number of aromatic nitrogens is 2. The lowest BCUT2D eigenvalue weighted by Gasteiger charge is -2.32. The average molecular weight is 412 g/mol. The summed E-state index contributed by atoms with van der Waals surface area (Å²) in [5.74, 6) is 0.690. The largest absolute Gasteiger partial charge is 0.491 e. The zero-order valence-electron chi connectivity index (χ0n) is 14.8. The molecule has 7 nitrogen and oxygen atoms in total. The molecule has 2 aromatic rings. The third kappa shape index (κ3) is 4.63. The van der Waals surface area contributed by atoms with E-state index in [2.05, 4.69) is 9.82 Å². The summed E-state index contributed by atoms with van der Waals surface area (Å²) in [7, 11) is -3.24. The zero-order chi connectivity index (χ0) is 18.9. The van der Waals surface area contributed by atoms with Crippen LogP contribution in [0.15, 0.2) is 36.7 Å². The Hall–Kier alpha value is -1.61. The molecule has 1 saturated heterocycles. The number of hydrogen-bond acceptors (Lipinski definition) is 5. The predicted octanol–water partition coefficient (Wildman–Crippen LogP) is 2.53. The average Bonchev–Trinajstić information content (AvgIpc) is 3.44. The third-order valence-electron chi connectivity index (χ3n) is 4.79. The van der Waals surface area contributed by atoms with E-state index in [1.165, 1.54) is 0 Å². The summed E-state index contributed by atoms with van der Waals surface area (Å²) in [6.45, 7) is 0.916. The fraction of sp³-hybridized carbons (Fsp3) is 0.500. The van der Waals surface area contributed by atoms with Gasteiger partial charge in [0.25, 0.3) is 0 Å². The van der Waals surface area contributed by atoms with Gasteiger partial charge in [0.15, 0.2) is 0 Å². The van der Waals surface area contributed by atoms with Gasteiger partial charge >= 0.3 is 0 Å². The van der Waals surface area contributed by atoms with Crippen molar-refractivity contribution in [2.24, 2.45) is 0 Å². The van der Waals surface area contributed by atoms with Crippen molar-refractivity contribution in [3.05, 3.63) is 41.7 Å². The molecular weight excluding hydrogens is 390 g/mol. The Morgan fingerprint density at radius 2 is 2.04 bits per heavy atom. The second-order valence-corrected chi connectivity index (χ2v) is 9.36. The Balaban J connectivity index is 1.36. The van der Waals surface area contributed by atoms with E-state index in [1.807, 2.05) is 24.3 Å². The first kappa shape index (κ1) is 18.7. The van der Waals surface area contributed by atoms with E-state index in [-0.39, 0.29) is 17.4 Å². The zero-order valence-corrected chi connectivity index (χ0v) is 16.3. The SMILES string of the molecule is O=S(=O)(NC1CCCOC1COc1ccc(-n2cc(Cl)cn2)cc1)C1CC1. The summed E-state index contributed by atoms with van der Waals surface area (Å²) in [6.07, 6.45) is 6.11. The minimum Gasteiger partial charge on any atom is -0.491 e. The van der Waals surface area contributed by atoms with Crippen molar-refractivity contribution < 1.29 is 17.9 Å². The Bertz CT molecular complexity index is 880. The first-order chi connectivity index (χ1) is 13.0. The Kier molecular flexibility index (Phi) is 5.41. The number of ether oxygens (including phenoxy) is 2. The predicted molar refractivity (Wildman–Crippen MR) is 102 cm³/mol. The molecule has 1 N–H and O–H groups in total. The van der Waals surface area contributed by atoms with Gasteiger partial charge in [-0.3, -0.25) is 0 Å². The van der Waals surface area contributed by atoms with Gasteiger partial charge in [-0.25, -0.2) is 17.8 Å². The van der Waals surface area contributed by atoms with E-state index in [0.29, 0.717) is 24.0 Å². The molecule has 1 saturated carbocycles. The van der Waals surface area contributed by atoms with Crippen molar-refractivity contribution in [3.8, 4) is 11.4 Å². The van der Waals surface area contributed by atoms with Crippen molar-refractivity contribution >= 4 is 21.6 Å². The monoisotopic (exact) mass is 411 g/mol. The highest BCUT2D eigenvalue weighted by molar-refractivity contribution is 7.90. The lowest BCUT2D eigenvalue weighted by Crippen LogP contribution is -2.50. The van der Waals surface area contributed by atoms with Crippen LogP contribution in [0.1, 0.15) is 25.7 Å². The van der Waals surface area contributed by atoms with E-state index in [0.717, 1.165) is 31.4 Å². The molecule has 1 aromatic heterocycles. The summed E-state index contributed by atoms with van der Waals surface area (Å²) in [6, 6.07) is 7.21. The molecule has 0 spiro atoms. The molecular formula is C18H22ClN3O4S. The molecule has 2 aliphatic rings. The molecule has 0 bridgehead atoms. The number of rotatable bonds is 7. The van der Waals surface area contributed by atoms with E-state index in [1.54, 1.807) is 17.1 Å². The molecule has 4 rings (SSSR count). The van der Waals surface area contributed by atoms with Gasteiger partial charge in [-0.05, 0) is 49.9 Å². The lowest BCUT2D eigenvalue weighted by atomic mass is 10.0. The fourth-order valence-electron chi connectivity index (χ4n) is 3.14. The molecule has 9 heteroatoms. The molecule has 1 aromatic carbocycles. The maximum Gasteiger partial charge on any atom is 0.214 e. The van der Waals surface area contributed by atoms with E-state index >= 15 is 0 Å². The van der Waals surface area contributed by atoms with Crippen LogP contribution >= 0.6 is 11.6 Å². The molecule has 0 radical (unpaired) electrons. The lowest BCUT2D eigenvalue weighted by molar-refractivity contribution is -0.0279. The molecule has 2 atom stereocenters. The van der Waals surface area contributed by atoms with Crippen LogP contribution in [0.5, 0.6) is 5.75 Å². The van der Waals surface area contributed by atoms with Crippen molar-refractivity contribution in [2.75, 3.05) is 13.2 Å². The van der Waals surface area contributed by atoms with Crippen LogP contribution in [0.4, 0.5) is 0 Å². The molecule has 2 heterocycles. The highest BCUT2D eigenvalue weighted by Gasteiger charge is 2.39. The molecule has 2 fully saturated rings. The van der Waals surface area contributed by atoms with Crippen molar-refractivity contribution in [1.82, 2.24) is 14.5 Å². The summed E-state index contributed by atoms with van der Waals surface area (Å²) in [4.78, 5) is 0. The van der Waals surface area contributed by atoms with Crippen LogP contribution in [0.2, 0.25) is 5.02 Å². The van der Waals surface area contributed by atoms with E-state index in [4.69, 9.17) is 21.1 Å².